The number of rotatable bonds is 29. The molecule has 3 aromatic heterocycles. The lowest BCUT2D eigenvalue weighted by Gasteiger charge is -2.25. The van der Waals surface area contributed by atoms with Crippen LogP contribution in [0.1, 0.15) is 89.7 Å². The molecule has 11 N–H and O–H groups in total. The molecule has 6 heterocycles. The number of nitrogens with zero attached hydrogens (tertiary/aromatic N) is 6. The number of aromatic amines is 1. The molecule has 7 rings (SSSR count). The zero-order valence-electron chi connectivity index (χ0n) is 43.5. The van der Waals surface area contributed by atoms with Gasteiger partial charge in [0.15, 0.2) is 11.5 Å². The number of imide groups is 1. The Bertz CT molecular complexity index is 3120. The van der Waals surface area contributed by atoms with Gasteiger partial charge in [0.1, 0.15) is 48.6 Å². The van der Waals surface area contributed by atoms with E-state index in [-0.39, 0.29) is 79.2 Å². The monoisotopic (exact) mass is 1180 g/mol. The van der Waals surface area contributed by atoms with Crippen molar-refractivity contribution in [2.75, 3.05) is 37.4 Å². The Morgan fingerprint density at radius 2 is 1.64 bits per heavy atom. The molecule has 9 atom stereocenters. The number of benzene rings is 1. The smallest absolute Gasteiger partial charge is 0.382 e. The Balaban J connectivity index is 0.916. The Morgan fingerprint density at radius 3 is 2.35 bits per heavy atom. The summed E-state index contributed by atoms with van der Waals surface area (Å²) in [5, 5.41) is 10.6. The molecule has 3 aliphatic heterocycles. The molecule has 4 aromatic rings. The predicted octanol–water partition coefficient (Wildman–Crippen LogP) is 1.97. The predicted molar refractivity (Wildman–Crippen MR) is 285 cm³/mol. The lowest BCUT2D eigenvalue weighted by molar-refractivity contribution is -0.137. The van der Waals surface area contributed by atoms with Crippen molar-refractivity contribution >= 4 is 84.2 Å². The highest BCUT2D eigenvalue weighted by Crippen LogP contribution is 2.58. The summed E-state index contributed by atoms with van der Waals surface area (Å²) >= 11 is 0.554. The van der Waals surface area contributed by atoms with E-state index in [0.717, 1.165) is 11.0 Å². The number of amides is 7. The van der Waals surface area contributed by atoms with Crippen molar-refractivity contribution in [3.8, 4) is 0 Å². The van der Waals surface area contributed by atoms with Crippen LogP contribution in [0.3, 0.4) is 0 Å². The maximum atomic E-state index is 13.7. The van der Waals surface area contributed by atoms with Gasteiger partial charge in [-0.2, -0.15) is 0 Å². The van der Waals surface area contributed by atoms with Crippen molar-refractivity contribution in [1.82, 2.24) is 49.9 Å². The number of aromatic nitrogens is 6. The fourth-order valence-corrected chi connectivity index (χ4v) is 12.0. The van der Waals surface area contributed by atoms with E-state index in [4.69, 9.17) is 34.5 Å². The van der Waals surface area contributed by atoms with E-state index >= 15 is 0 Å². The Hall–Kier alpha value is -6.66. The molecular weight excluding hydrogens is 1110 g/mol. The van der Waals surface area contributed by atoms with Crippen LogP contribution in [0.15, 0.2) is 70.9 Å². The largest absolute Gasteiger partial charge is 0.472 e. The van der Waals surface area contributed by atoms with Crippen molar-refractivity contribution in [2.45, 2.75) is 120 Å². The van der Waals surface area contributed by atoms with Crippen LogP contribution < -0.4 is 44.0 Å². The van der Waals surface area contributed by atoms with E-state index in [1.54, 1.807) is 26.0 Å². The minimum absolute atomic E-state index is 0.0641. The molecule has 434 valence electrons. The molecule has 0 spiro atoms. The van der Waals surface area contributed by atoms with E-state index in [1.807, 2.05) is 0 Å². The summed E-state index contributed by atoms with van der Waals surface area (Å²) in [4.78, 5) is 137. The van der Waals surface area contributed by atoms with E-state index < -0.39 is 106 Å². The third-order valence-electron chi connectivity index (χ3n) is 12.9. The second-order valence-corrected chi connectivity index (χ2v) is 24.5. The fraction of sp³-hybridized carbons (Fsp3) is 0.511. The lowest BCUT2D eigenvalue weighted by Crippen LogP contribution is -2.54. The molecule has 0 bridgehead atoms. The third kappa shape index (κ3) is 17.2. The van der Waals surface area contributed by atoms with Gasteiger partial charge in [-0.1, -0.05) is 32.4 Å². The third-order valence-corrected chi connectivity index (χ3v) is 16.8. The second-order valence-electron chi connectivity index (χ2n) is 19.1. The van der Waals surface area contributed by atoms with Crippen molar-refractivity contribution in [2.24, 2.45) is 11.7 Å². The molecule has 0 aliphatic carbocycles. The zero-order chi connectivity index (χ0) is 57.7. The average molecular weight is 1180 g/mol. The number of carbonyl (C=O) groups is 6. The van der Waals surface area contributed by atoms with Crippen LogP contribution in [0.25, 0.3) is 11.2 Å². The van der Waals surface area contributed by atoms with Gasteiger partial charge >= 0.3 is 26.3 Å². The van der Waals surface area contributed by atoms with Gasteiger partial charge < -0.3 is 52.0 Å². The molecule has 3 aliphatic rings. The normalized spacial score (nSPS) is 21.3. The van der Waals surface area contributed by atoms with Crippen LogP contribution in [0, 0.1) is 5.92 Å². The number of nitrogen functional groups attached to an aromatic ring is 1. The molecular formula is C47H63N13O17P2S. The number of hydrogen-bond acceptors (Lipinski definition) is 20. The van der Waals surface area contributed by atoms with E-state index in [1.165, 1.54) is 52.3 Å². The first-order valence-electron chi connectivity index (χ1n) is 25.4. The number of phosphoric acid groups is 1. The van der Waals surface area contributed by atoms with Gasteiger partial charge in [-0.05, 0) is 73.5 Å². The number of urea groups is 1. The Kier molecular flexibility index (Phi) is 21.1. The van der Waals surface area contributed by atoms with Crippen LogP contribution in [0.4, 0.5) is 16.3 Å². The van der Waals surface area contributed by atoms with E-state index in [2.05, 4.69) is 41.2 Å². The van der Waals surface area contributed by atoms with Crippen LogP contribution in [0.2, 0.25) is 0 Å². The number of ether oxygens (including phenoxy) is 2. The molecule has 30 nitrogen and oxygen atoms in total. The zero-order valence-corrected chi connectivity index (χ0v) is 46.1. The summed E-state index contributed by atoms with van der Waals surface area (Å²) in [6.07, 6.45) is 3.70. The maximum Gasteiger partial charge on any atom is 0.472 e. The highest BCUT2D eigenvalue weighted by molar-refractivity contribution is 8.54. The Morgan fingerprint density at radius 1 is 0.887 bits per heavy atom. The number of primary amides is 1. The maximum absolute atomic E-state index is 13.7. The lowest BCUT2D eigenvalue weighted by atomic mass is 10.0. The van der Waals surface area contributed by atoms with Crippen LogP contribution in [-0.4, -0.2) is 136 Å². The van der Waals surface area contributed by atoms with Gasteiger partial charge in [0.25, 0.3) is 17.4 Å². The minimum atomic E-state index is -4.90. The molecule has 33 heteroatoms. The molecule has 2 fully saturated rings. The summed E-state index contributed by atoms with van der Waals surface area (Å²) in [5.74, 6) is -2.78. The summed E-state index contributed by atoms with van der Waals surface area (Å²) in [5.41, 5.74) is 11.3. The summed E-state index contributed by atoms with van der Waals surface area (Å²) in [6, 6.07) is 4.47. The minimum Gasteiger partial charge on any atom is -0.382 e. The van der Waals surface area contributed by atoms with Crippen molar-refractivity contribution < 1.29 is 70.7 Å². The highest BCUT2D eigenvalue weighted by Gasteiger charge is 2.44. The standard InChI is InChI=1S/C47H63N13O17P2S/c1-27(2)40(56-34(61)8-4-3-5-19-58-36(63)14-15-37(58)64)45(66)55-31(7-6-18-50-46(49)67)44(65)54-29-11-9-28(10-12-29)24-80-79(71,72)74-23-33-32(21-39(76-33)60-26-53-41-42(48)51-25-52-43(41)60)77-78(69,70)73-22-30-13-16-38(75-30)59-20-17-35(62)57-47(59)68/h9-12,14-15,17,20,25-27,30-33,38-40H,3-8,13,16,18-19,21-24H2,1-2H3,(H,54,65)(H,55,66)(H,56,61)(H,69,70)(H,71,72)(H2,48,51,52)(H3,49,50,67)(H,57,62,68)/t30-,31?,32-,33+,38+,39+,40?/m0/s1. The topological polar surface area (TPSA) is 425 Å². The van der Waals surface area contributed by atoms with Crippen molar-refractivity contribution in [3.63, 3.8) is 0 Å². The summed E-state index contributed by atoms with van der Waals surface area (Å²) in [6.45, 7) is -1.74. The fourth-order valence-electron chi connectivity index (χ4n) is 8.75. The number of nitrogens with one attached hydrogen (secondary N) is 5. The van der Waals surface area contributed by atoms with Crippen LogP contribution in [-0.2, 0) is 61.9 Å². The van der Waals surface area contributed by atoms with Gasteiger partial charge in [0.2, 0.25) is 17.7 Å². The average Bonchev–Trinajstić information content (AvgIpc) is 4.32. The van der Waals surface area contributed by atoms with Gasteiger partial charge in [0, 0.05) is 61.8 Å². The number of phosphoric ester groups is 1. The van der Waals surface area contributed by atoms with Crippen LogP contribution >= 0.6 is 26.0 Å². The number of H-pyrrole nitrogens is 1. The summed E-state index contributed by atoms with van der Waals surface area (Å²) in [7, 11) is -4.90. The second kappa shape index (κ2) is 27.7. The van der Waals surface area contributed by atoms with Gasteiger partial charge in [-0.15, -0.1) is 0 Å². The highest BCUT2D eigenvalue weighted by atomic mass is 32.7. The molecule has 7 amide bonds. The number of unbranched alkanes of at least 4 members (excludes halogenated alkanes) is 2. The van der Waals surface area contributed by atoms with Gasteiger partial charge in [-0.3, -0.25) is 61.4 Å². The number of carbonyl (C=O) groups excluding carboxylic acids is 6. The first-order chi connectivity index (χ1) is 38.0. The number of anilines is 2. The van der Waals surface area contributed by atoms with Gasteiger partial charge in [-0.25, -0.2) is 33.7 Å². The van der Waals surface area contributed by atoms with Gasteiger partial charge in [0.05, 0.1) is 25.6 Å². The van der Waals surface area contributed by atoms with Crippen LogP contribution in [0.5, 0.6) is 0 Å². The van der Waals surface area contributed by atoms with Crippen molar-refractivity contribution in [1.29, 1.82) is 0 Å². The number of nitrogens with two attached hydrogens (primary N) is 2. The number of imidazole rings is 1. The molecule has 0 radical (unpaired) electrons. The SMILES string of the molecule is CC(C)C(NC(=O)CCCCCN1C(=O)C=CC1=O)C(=O)NC(CCCNC(N)=O)C(=O)Nc1ccc(CSP(=O)(O)OC[C@H]2O[C@@H](n3cnc4c(N)ncnc43)C[C@@H]2OP(=O)(O)OC[C@@H]2CC[C@H](n3ccc(=O)[nH]c3=O)O2)cc1. The molecule has 80 heavy (non-hydrogen) atoms. The number of hydrogen-bond donors (Lipinski definition) is 9. The molecule has 4 unspecified atom stereocenters. The first-order valence-corrected chi connectivity index (χ1v) is 30.1. The van der Waals surface area contributed by atoms with Crippen molar-refractivity contribution in [3.05, 3.63) is 87.7 Å². The molecule has 1 aromatic carbocycles. The molecule has 0 saturated carbocycles. The molecule has 2 saturated heterocycles. The Labute approximate surface area is 460 Å². The first kappa shape index (κ1) is 61.0. The van der Waals surface area contributed by atoms with E-state index in [9.17, 15) is 57.3 Å². The summed E-state index contributed by atoms with van der Waals surface area (Å²) < 4.78 is 58.0. The van der Waals surface area contributed by atoms with E-state index in [0.29, 0.717) is 54.7 Å². The quantitative estimate of drug-likeness (QED) is 0.0213. The number of fused-ring (bicyclic) bond motifs is 1.